The smallest absolute Gasteiger partial charge is 0.419 e. The Balaban J connectivity index is 2.12. The number of hydrogen-bond acceptors (Lipinski definition) is 5. The van der Waals surface area contributed by atoms with Gasteiger partial charge in [0.25, 0.3) is 0 Å². The SMILES string of the molecule is COC1(C)CCOC(C)C1OC(=O)n1ccnc1. The van der Waals surface area contributed by atoms with Gasteiger partial charge in [-0.2, -0.15) is 0 Å². The summed E-state index contributed by atoms with van der Waals surface area (Å²) in [4.78, 5) is 15.7. The molecule has 3 unspecified atom stereocenters. The lowest BCUT2D eigenvalue weighted by atomic mass is 9.89. The number of carbonyl (C=O) groups is 1. The molecule has 0 amide bonds. The molecule has 100 valence electrons. The van der Waals surface area contributed by atoms with Gasteiger partial charge in [-0.3, -0.25) is 0 Å². The van der Waals surface area contributed by atoms with Crippen LogP contribution < -0.4 is 0 Å². The summed E-state index contributed by atoms with van der Waals surface area (Å²) in [6, 6.07) is 0. The van der Waals surface area contributed by atoms with Crippen molar-refractivity contribution in [2.45, 2.75) is 38.1 Å². The fraction of sp³-hybridized carbons (Fsp3) is 0.667. The lowest BCUT2D eigenvalue weighted by Gasteiger charge is -2.42. The normalized spacial score (nSPS) is 32.2. The van der Waals surface area contributed by atoms with E-state index in [-0.39, 0.29) is 6.10 Å². The highest BCUT2D eigenvalue weighted by atomic mass is 16.6. The van der Waals surface area contributed by atoms with Gasteiger partial charge >= 0.3 is 6.09 Å². The second-order valence-corrected chi connectivity index (χ2v) is 4.62. The molecule has 2 rings (SSSR count). The average Bonchev–Trinajstić information content (AvgIpc) is 2.88. The van der Waals surface area contributed by atoms with Gasteiger partial charge in [0.2, 0.25) is 0 Å². The molecule has 0 bridgehead atoms. The van der Waals surface area contributed by atoms with Crippen LogP contribution in [0.1, 0.15) is 20.3 Å². The minimum Gasteiger partial charge on any atom is -0.440 e. The maximum absolute atomic E-state index is 11.9. The first-order chi connectivity index (χ1) is 8.57. The van der Waals surface area contributed by atoms with Gasteiger partial charge in [-0.15, -0.1) is 0 Å². The quantitative estimate of drug-likeness (QED) is 0.799. The first-order valence-corrected chi connectivity index (χ1v) is 5.92. The van der Waals surface area contributed by atoms with Crippen LogP contribution in [0.25, 0.3) is 0 Å². The third-order valence-electron chi connectivity index (χ3n) is 3.42. The number of ether oxygens (including phenoxy) is 3. The number of nitrogens with zero attached hydrogens (tertiary/aromatic N) is 2. The maximum Gasteiger partial charge on any atom is 0.419 e. The van der Waals surface area contributed by atoms with E-state index in [2.05, 4.69) is 4.98 Å². The number of imidazole rings is 1. The summed E-state index contributed by atoms with van der Waals surface area (Å²) in [5.41, 5.74) is -0.520. The molecule has 0 aromatic carbocycles. The molecule has 6 heteroatoms. The van der Waals surface area contributed by atoms with Crippen molar-refractivity contribution in [2.75, 3.05) is 13.7 Å². The summed E-state index contributed by atoms with van der Waals surface area (Å²) in [5, 5.41) is 0. The third kappa shape index (κ3) is 2.39. The number of methoxy groups -OCH3 is 1. The molecule has 1 aliphatic rings. The fourth-order valence-electron chi connectivity index (χ4n) is 2.15. The maximum atomic E-state index is 11.9. The summed E-state index contributed by atoms with van der Waals surface area (Å²) in [6.07, 6.45) is 4.05. The summed E-state index contributed by atoms with van der Waals surface area (Å²) >= 11 is 0. The van der Waals surface area contributed by atoms with Crippen molar-refractivity contribution in [3.05, 3.63) is 18.7 Å². The molecule has 0 spiro atoms. The van der Waals surface area contributed by atoms with Crippen molar-refractivity contribution < 1.29 is 19.0 Å². The number of hydrogen-bond donors (Lipinski definition) is 0. The van der Waals surface area contributed by atoms with Crippen LogP contribution in [0.3, 0.4) is 0 Å². The van der Waals surface area contributed by atoms with Crippen molar-refractivity contribution in [3.63, 3.8) is 0 Å². The molecule has 3 atom stereocenters. The Labute approximate surface area is 106 Å². The van der Waals surface area contributed by atoms with Gasteiger partial charge in [0.05, 0.1) is 6.10 Å². The molecule has 1 aliphatic heterocycles. The number of rotatable bonds is 2. The van der Waals surface area contributed by atoms with Crippen molar-refractivity contribution in [1.82, 2.24) is 9.55 Å². The third-order valence-corrected chi connectivity index (χ3v) is 3.42. The molecule has 18 heavy (non-hydrogen) atoms. The van der Waals surface area contributed by atoms with E-state index < -0.39 is 17.8 Å². The zero-order chi connectivity index (χ0) is 13.2. The summed E-state index contributed by atoms with van der Waals surface area (Å²) in [6.45, 7) is 4.41. The summed E-state index contributed by atoms with van der Waals surface area (Å²) in [7, 11) is 1.62. The molecule has 0 saturated carbocycles. The predicted octanol–water partition coefficient (Wildman–Crippen LogP) is 1.45. The predicted molar refractivity (Wildman–Crippen MR) is 63.3 cm³/mol. The minimum atomic E-state index is -0.520. The van der Waals surface area contributed by atoms with E-state index in [1.54, 1.807) is 13.3 Å². The second kappa shape index (κ2) is 5.07. The monoisotopic (exact) mass is 254 g/mol. The van der Waals surface area contributed by atoms with Crippen LogP contribution in [0.2, 0.25) is 0 Å². The lowest BCUT2D eigenvalue weighted by Crippen LogP contribution is -2.55. The van der Waals surface area contributed by atoms with Crippen LogP contribution >= 0.6 is 0 Å². The molecule has 1 aromatic heterocycles. The molecule has 1 fully saturated rings. The van der Waals surface area contributed by atoms with E-state index in [1.165, 1.54) is 17.1 Å². The standard InChI is InChI=1S/C12H18N2O4/c1-9-10(12(2,16-3)4-7-17-9)18-11(15)14-6-5-13-8-14/h5-6,8-10H,4,7H2,1-3H3. The lowest BCUT2D eigenvalue weighted by molar-refractivity contribution is -0.188. The summed E-state index contributed by atoms with van der Waals surface area (Å²) in [5.74, 6) is 0. The van der Waals surface area contributed by atoms with Crippen LogP contribution in [-0.2, 0) is 14.2 Å². The highest BCUT2D eigenvalue weighted by molar-refractivity contribution is 5.70. The number of aromatic nitrogens is 2. The van der Waals surface area contributed by atoms with E-state index in [9.17, 15) is 4.79 Å². The second-order valence-electron chi connectivity index (χ2n) is 4.62. The van der Waals surface area contributed by atoms with Gasteiger partial charge in [0.15, 0.2) is 6.10 Å². The Morgan fingerprint density at radius 1 is 1.61 bits per heavy atom. The van der Waals surface area contributed by atoms with Crippen LogP contribution in [0, 0.1) is 0 Å². The first kappa shape index (κ1) is 13.0. The molecule has 6 nitrogen and oxygen atoms in total. The Kier molecular flexibility index (Phi) is 3.68. The molecular formula is C12H18N2O4. The van der Waals surface area contributed by atoms with Crippen molar-refractivity contribution in [2.24, 2.45) is 0 Å². The fourth-order valence-corrected chi connectivity index (χ4v) is 2.15. The molecular weight excluding hydrogens is 236 g/mol. The minimum absolute atomic E-state index is 0.198. The van der Waals surface area contributed by atoms with E-state index in [1.807, 2.05) is 13.8 Å². The first-order valence-electron chi connectivity index (χ1n) is 5.92. The van der Waals surface area contributed by atoms with Crippen molar-refractivity contribution >= 4 is 6.09 Å². The van der Waals surface area contributed by atoms with E-state index in [0.29, 0.717) is 13.0 Å². The molecule has 0 radical (unpaired) electrons. The molecule has 1 aromatic rings. The zero-order valence-electron chi connectivity index (χ0n) is 10.8. The van der Waals surface area contributed by atoms with E-state index in [0.717, 1.165) is 0 Å². The van der Waals surface area contributed by atoms with Gasteiger partial charge in [-0.05, 0) is 13.8 Å². The van der Waals surface area contributed by atoms with Gasteiger partial charge in [0, 0.05) is 32.5 Å². The van der Waals surface area contributed by atoms with Crippen LogP contribution in [0.5, 0.6) is 0 Å². The molecule has 0 aliphatic carbocycles. The van der Waals surface area contributed by atoms with Gasteiger partial charge in [-0.25, -0.2) is 14.3 Å². The van der Waals surface area contributed by atoms with Crippen LogP contribution in [0.15, 0.2) is 18.7 Å². The zero-order valence-corrected chi connectivity index (χ0v) is 10.8. The van der Waals surface area contributed by atoms with Crippen molar-refractivity contribution in [1.29, 1.82) is 0 Å². The van der Waals surface area contributed by atoms with Crippen LogP contribution in [0.4, 0.5) is 4.79 Å². The van der Waals surface area contributed by atoms with E-state index in [4.69, 9.17) is 14.2 Å². The Morgan fingerprint density at radius 3 is 3.00 bits per heavy atom. The van der Waals surface area contributed by atoms with Crippen LogP contribution in [-0.4, -0.2) is 47.2 Å². The topological polar surface area (TPSA) is 62.6 Å². The Hall–Kier alpha value is -1.40. The molecule has 2 heterocycles. The molecule has 0 N–H and O–H groups in total. The van der Waals surface area contributed by atoms with Gasteiger partial charge in [0.1, 0.15) is 11.9 Å². The Morgan fingerprint density at radius 2 is 2.39 bits per heavy atom. The van der Waals surface area contributed by atoms with Crippen molar-refractivity contribution in [3.8, 4) is 0 Å². The van der Waals surface area contributed by atoms with E-state index >= 15 is 0 Å². The highest BCUT2D eigenvalue weighted by Crippen LogP contribution is 2.30. The summed E-state index contributed by atoms with van der Waals surface area (Å²) < 4.78 is 17.8. The van der Waals surface area contributed by atoms with Gasteiger partial charge < -0.3 is 14.2 Å². The largest absolute Gasteiger partial charge is 0.440 e. The number of carbonyl (C=O) groups excluding carboxylic acids is 1. The molecule has 1 saturated heterocycles. The van der Waals surface area contributed by atoms with Gasteiger partial charge in [-0.1, -0.05) is 0 Å². The average molecular weight is 254 g/mol. The Bertz CT molecular complexity index is 406. The highest BCUT2D eigenvalue weighted by Gasteiger charge is 2.44.